The molecule has 2 fully saturated rings. The van der Waals surface area contributed by atoms with Gasteiger partial charge in [-0.2, -0.15) is 4.31 Å². The van der Waals surface area contributed by atoms with Crippen molar-refractivity contribution < 1.29 is 22.7 Å². The van der Waals surface area contributed by atoms with E-state index in [0.29, 0.717) is 31.1 Å². The number of hydrogen-bond acceptors (Lipinski definition) is 6. The van der Waals surface area contributed by atoms with Crippen molar-refractivity contribution in [3.05, 3.63) is 40.6 Å². The van der Waals surface area contributed by atoms with Crippen LogP contribution in [-0.2, 0) is 14.8 Å². The largest absolute Gasteiger partial charge is 0.489 e. The number of sulfonamides is 1. The molecule has 0 saturated carbocycles. The van der Waals surface area contributed by atoms with Crippen LogP contribution < -0.4 is 10.1 Å². The molecule has 2 aliphatic rings. The molecule has 7 nitrogen and oxygen atoms in total. The normalized spacial score (nSPS) is 20.2. The van der Waals surface area contributed by atoms with Crippen LogP contribution in [0.3, 0.4) is 0 Å². The molecular formula is C21H26N2O5S2. The van der Waals surface area contributed by atoms with Gasteiger partial charge in [0.05, 0.1) is 11.8 Å². The Hall–Kier alpha value is -1.94. The summed E-state index contributed by atoms with van der Waals surface area (Å²) in [5.74, 6) is 0.0910. The van der Waals surface area contributed by atoms with Crippen LogP contribution in [0.25, 0.3) is 0 Å². The fraction of sp³-hybridized carbons (Fsp3) is 0.476. The topological polar surface area (TPSA) is 84.9 Å². The van der Waals surface area contributed by atoms with Crippen molar-refractivity contribution in [3.8, 4) is 5.75 Å². The first kappa shape index (κ1) is 21.3. The van der Waals surface area contributed by atoms with Crippen LogP contribution in [-0.4, -0.2) is 51.0 Å². The molecule has 4 rings (SSSR count). The summed E-state index contributed by atoms with van der Waals surface area (Å²) in [7, 11) is -3.66. The monoisotopic (exact) mass is 450 g/mol. The summed E-state index contributed by atoms with van der Waals surface area (Å²) in [5.41, 5.74) is 0.510. The average Bonchev–Trinajstić information content (AvgIpc) is 3.46. The van der Waals surface area contributed by atoms with Crippen molar-refractivity contribution in [3.63, 3.8) is 0 Å². The Kier molecular flexibility index (Phi) is 6.72. The number of thiophene rings is 1. The second-order valence-corrected chi connectivity index (χ2v) is 10.3. The van der Waals surface area contributed by atoms with E-state index >= 15 is 0 Å². The maximum absolute atomic E-state index is 13.0. The van der Waals surface area contributed by atoms with Crippen molar-refractivity contribution in [1.29, 1.82) is 0 Å². The zero-order valence-corrected chi connectivity index (χ0v) is 18.3. The molecule has 1 N–H and O–H groups in total. The van der Waals surface area contributed by atoms with Gasteiger partial charge >= 0.3 is 0 Å². The van der Waals surface area contributed by atoms with Crippen molar-refractivity contribution in [2.75, 3.05) is 31.6 Å². The van der Waals surface area contributed by atoms with Gasteiger partial charge in [-0.15, -0.1) is 11.3 Å². The lowest BCUT2D eigenvalue weighted by Gasteiger charge is -2.23. The van der Waals surface area contributed by atoms with Gasteiger partial charge in [-0.1, -0.05) is 12.1 Å². The molecule has 0 spiro atoms. The highest BCUT2D eigenvalue weighted by atomic mass is 32.2. The molecule has 1 unspecified atom stereocenters. The lowest BCUT2D eigenvalue weighted by Crippen LogP contribution is -2.29. The molecule has 9 heteroatoms. The van der Waals surface area contributed by atoms with E-state index in [1.807, 2.05) is 6.07 Å². The van der Waals surface area contributed by atoms with E-state index in [1.54, 1.807) is 23.6 Å². The fourth-order valence-corrected chi connectivity index (χ4v) is 6.54. The molecule has 1 amide bonds. The third kappa shape index (κ3) is 4.69. The fourth-order valence-electron chi connectivity index (χ4n) is 3.73. The predicted octanol–water partition coefficient (Wildman–Crippen LogP) is 3.73. The molecule has 2 saturated heterocycles. The molecule has 1 atom stereocenters. The zero-order valence-electron chi connectivity index (χ0n) is 16.7. The highest BCUT2D eigenvalue weighted by Gasteiger charge is 2.32. The number of anilines is 1. The van der Waals surface area contributed by atoms with Crippen molar-refractivity contribution in [2.24, 2.45) is 0 Å². The van der Waals surface area contributed by atoms with Crippen LogP contribution in [0.5, 0.6) is 5.75 Å². The number of nitrogens with one attached hydrogen (secondary N) is 1. The van der Waals surface area contributed by atoms with E-state index in [1.165, 1.54) is 10.4 Å². The van der Waals surface area contributed by atoms with Gasteiger partial charge in [-0.05, 0) is 55.7 Å². The summed E-state index contributed by atoms with van der Waals surface area (Å²) in [6.45, 7) is 2.16. The van der Waals surface area contributed by atoms with Crippen LogP contribution in [0.4, 0.5) is 5.69 Å². The number of hydrogen-bond donors (Lipinski definition) is 1. The minimum atomic E-state index is -3.66. The summed E-state index contributed by atoms with van der Waals surface area (Å²) < 4.78 is 38.9. The van der Waals surface area contributed by atoms with Gasteiger partial charge in [-0.25, -0.2) is 8.42 Å². The first-order valence-corrected chi connectivity index (χ1v) is 12.6. The number of carbonyl (C=O) groups excluding carboxylic acids is 1. The van der Waals surface area contributed by atoms with Crippen LogP contribution in [0.1, 0.15) is 41.8 Å². The van der Waals surface area contributed by atoms with E-state index in [2.05, 4.69) is 5.32 Å². The van der Waals surface area contributed by atoms with E-state index in [-0.39, 0.29) is 15.9 Å². The van der Waals surface area contributed by atoms with E-state index in [4.69, 9.17) is 9.47 Å². The Bertz CT molecular complexity index is 977. The summed E-state index contributed by atoms with van der Waals surface area (Å²) in [6.07, 6.45) is 4.91. The van der Waals surface area contributed by atoms with Crippen molar-refractivity contribution in [1.82, 2.24) is 4.31 Å². The van der Waals surface area contributed by atoms with Gasteiger partial charge < -0.3 is 14.8 Å². The first-order valence-electron chi connectivity index (χ1n) is 10.3. The summed E-state index contributed by atoms with van der Waals surface area (Å²) in [4.78, 5) is 13.2. The Morgan fingerprint density at radius 1 is 1.17 bits per heavy atom. The van der Waals surface area contributed by atoms with Gasteiger partial charge in [0, 0.05) is 19.7 Å². The molecule has 2 aliphatic heterocycles. The zero-order chi connectivity index (χ0) is 21.0. The SMILES string of the molecule is O=C(Nc1ccccc1OCC1CCCCO1)c1sccc1S(=O)(=O)N1CCCC1. The smallest absolute Gasteiger partial charge is 0.267 e. The van der Waals surface area contributed by atoms with Crippen LogP contribution in [0, 0.1) is 0 Å². The number of nitrogens with zero attached hydrogens (tertiary/aromatic N) is 1. The molecule has 0 aliphatic carbocycles. The Balaban J connectivity index is 1.48. The molecule has 1 aromatic heterocycles. The summed E-state index contributed by atoms with van der Waals surface area (Å²) in [6, 6.07) is 8.68. The van der Waals surface area contributed by atoms with Crippen molar-refractivity contribution >= 4 is 33.0 Å². The molecule has 1 aromatic carbocycles. The third-order valence-corrected chi connectivity index (χ3v) is 8.34. The van der Waals surface area contributed by atoms with Gasteiger partial charge in [-0.3, -0.25) is 4.79 Å². The van der Waals surface area contributed by atoms with E-state index in [9.17, 15) is 13.2 Å². The molecule has 3 heterocycles. The number of amides is 1. The van der Waals surface area contributed by atoms with Crippen molar-refractivity contribution in [2.45, 2.75) is 43.1 Å². The number of benzene rings is 1. The average molecular weight is 451 g/mol. The molecule has 0 bridgehead atoms. The Morgan fingerprint density at radius 3 is 2.73 bits per heavy atom. The van der Waals surface area contributed by atoms with Gasteiger partial charge in [0.2, 0.25) is 10.0 Å². The lowest BCUT2D eigenvalue weighted by atomic mass is 10.1. The first-order chi connectivity index (χ1) is 14.6. The number of para-hydroxylation sites is 2. The maximum Gasteiger partial charge on any atom is 0.267 e. The summed E-state index contributed by atoms with van der Waals surface area (Å²) >= 11 is 1.13. The number of rotatable bonds is 7. The van der Waals surface area contributed by atoms with E-state index in [0.717, 1.165) is 50.0 Å². The Labute approximate surface area is 181 Å². The minimum Gasteiger partial charge on any atom is -0.489 e. The second-order valence-electron chi connectivity index (χ2n) is 7.48. The molecule has 162 valence electrons. The highest BCUT2D eigenvalue weighted by molar-refractivity contribution is 7.89. The van der Waals surface area contributed by atoms with E-state index < -0.39 is 15.9 Å². The molecular weight excluding hydrogens is 424 g/mol. The third-order valence-electron chi connectivity index (χ3n) is 5.35. The lowest BCUT2D eigenvalue weighted by molar-refractivity contribution is -0.0109. The highest BCUT2D eigenvalue weighted by Crippen LogP contribution is 2.30. The van der Waals surface area contributed by atoms with Gasteiger partial charge in [0.25, 0.3) is 5.91 Å². The van der Waals surface area contributed by atoms with Gasteiger partial charge in [0.1, 0.15) is 22.1 Å². The van der Waals surface area contributed by atoms with Crippen LogP contribution in [0.15, 0.2) is 40.6 Å². The Morgan fingerprint density at radius 2 is 1.97 bits per heavy atom. The minimum absolute atomic E-state index is 0.0528. The van der Waals surface area contributed by atoms with Gasteiger partial charge in [0.15, 0.2) is 0 Å². The van der Waals surface area contributed by atoms with Crippen LogP contribution in [0.2, 0.25) is 0 Å². The predicted molar refractivity (Wildman–Crippen MR) is 116 cm³/mol. The number of ether oxygens (including phenoxy) is 2. The maximum atomic E-state index is 13.0. The summed E-state index contributed by atoms with van der Waals surface area (Å²) in [5, 5.41) is 4.47. The standard InChI is InChI=1S/C21H26N2O5S2/c24-21(20-19(10-14-29-20)30(25,26)23-11-4-5-12-23)22-17-8-1-2-9-18(17)28-15-16-7-3-6-13-27-16/h1-2,8-10,14,16H,3-7,11-13,15H2,(H,22,24). The van der Waals surface area contributed by atoms with Crippen LogP contribution >= 0.6 is 11.3 Å². The number of carbonyl (C=O) groups is 1. The second kappa shape index (κ2) is 9.47. The quantitative estimate of drug-likeness (QED) is 0.695. The molecule has 0 radical (unpaired) electrons. The molecule has 2 aromatic rings. The molecule has 30 heavy (non-hydrogen) atoms.